The van der Waals surface area contributed by atoms with Crippen molar-refractivity contribution in [3.8, 4) is 0 Å². The third kappa shape index (κ3) is 3.05. The quantitative estimate of drug-likeness (QED) is 0.289. The second kappa shape index (κ2) is 5.44. The third-order valence-corrected chi connectivity index (χ3v) is 3.16. The number of nitrogens with zero attached hydrogens (tertiary/aromatic N) is 3. The van der Waals surface area contributed by atoms with E-state index in [1.54, 1.807) is 6.20 Å². The first kappa shape index (κ1) is 13.0. The van der Waals surface area contributed by atoms with Crippen molar-refractivity contribution in [2.75, 3.05) is 5.73 Å². The van der Waals surface area contributed by atoms with E-state index in [4.69, 9.17) is 11.5 Å². The number of nitrogen functional groups attached to an aromatic ring is 1. The van der Waals surface area contributed by atoms with Gasteiger partial charge in [-0.3, -0.25) is 15.1 Å². The van der Waals surface area contributed by atoms with Gasteiger partial charge in [-0.15, -0.1) is 11.3 Å². The number of aliphatic imine (C=N–C) groups is 1. The Kier molecular flexibility index (Phi) is 3.71. The lowest BCUT2D eigenvalue weighted by Crippen LogP contribution is -2.16. The van der Waals surface area contributed by atoms with Gasteiger partial charge in [0.1, 0.15) is 10.8 Å². The van der Waals surface area contributed by atoms with Gasteiger partial charge in [0, 0.05) is 35.0 Å². The predicted octanol–water partition coefficient (Wildman–Crippen LogP) is 1.54. The molecule has 1 aromatic carbocycles. The normalized spacial score (nSPS) is 11.5. The number of rotatable bonds is 4. The summed E-state index contributed by atoms with van der Waals surface area (Å²) in [5.41, 5.74) is 12.2. The maximum Gasteiger partial charge on any atom is 0.270 e. The van der Waals surface area contributed by atoms with Crippen LogP contribution in [0.1, 0.15) is 10.6 Å². The van der Waals surface area contributed by atoms with Gasteiger partial charge in [0.05, 0.1) is 11.5 Å². The van der Waals surface area contributed by atoms with E-state index in [-0.39, 0.29) is 11.5 Å². The largest absolute Gasteiger partial charge is 0.398 e. The standard InChI is InChI=1S/C11H11N5O2S/c12-9-2-1-7(16(17)18)5-8(9)11(13)15-6-10-14-3-4-19-10/h1-5H,6,12H2,(H2,13,15). The molecule has 0 aliphatic rings. The number of anilines is 1. The first-order chi connectivity index (χ1) is 9.08. The Morgan fingerprint density at radius 3 is 2.95 bits per heavy atom. The molecule has 2 aromatic rings. The van der Waals surface area contributed by atoms with E-state index in [1.165, 1.54) is 29.5 Å². The van der Waals surface area contributed by atoms with Crippen LogP contribution in [-0.4, -0.2) is 15.7 Å². The first-order valence-electron chi connectivity index (χ1n) is 5.30. The van der Waals surface area contributed by atoms with Crippen LogP contribution in [-0.2, 0) is 6.54 Å². The van der Waals surface area contributed by atoms with E-state index in [0.29, 0.717) is 17.8 Å². The second-order valence-corrected chi connectivity index (χ2v) is 4.64. The average molecular weight is 277 g/mol. The number of nitro groups is 1. The van der Waals surface area contributed by atoms with Crippen molar-refractivity contribution < 1.29 is 4.92 Å². The lowest BCUT2D eigenvalue weighted by Gasteiger charge is -2.04. The van der Waals surface area contributed by atoms with Gasteiger partial charge in [0.2, 0.25) is 0 Å². The molecule has 2 rings (SSSR count). The smallest absolute Gasteiger partial charge is 0.270 e. The molecule has 0 aliphatic carbocycles. The maximum absolute atomic E-state index is 10.7. The Hall–Kier alpha value is -2.48. The fourth-order valence-corrected chi connectivity index (χ4v) is 1.99. The number of amidine groups is 1. The summed E-state index contributed by atoms with van der Waals surface area (Å²) in [6.07, 6.45) is 1.67. The van der Waals surface area contributed by atoms with Crippen molar-refractivity contribution in [1.82, 2.24) is 4.98 Å². The van der Waals surface area contributed by atoms with Crippen LogP contribution in [0.3, 0.4) is 0 Å². The highest BCUT2D eigenvalue weighted by molar-refractivity contribution is 7.09. The summed E-state index contributed by atoms with van der Waals surface area (Å²) in [6, 6.07) is 4.09. The molecule has 0 spiro atoms. The highest BCUT2D eigenvalue weighted by atomic mass is 32.1. The zero-order chi connectivity index (χ0) is 13.8. The van der Waals surface area contributed by atoms with Crippen LogP contribution in [0.4, 0.5) is 11.4 Å². The molecule has 1 heterocycles. The van der Waals surface area contributed by atoms with Gasteiger partial charge in [-0.1, -0.05) is 0 Å². The van der Waals surface area contributed by atoms with Gasteiger partial charge < -0.3 is 11.5 Å². The summed E-state index contributed by atoms with van der Waals surface area (Å²) in [5, 5.41) is 13.4. The van der Waals surface area contributed by atoms with Gasteiger partial charge in [-0.2, -0.15) is 0 Å². The van der Waals surface area contributed by atoms with Gasteiger partial charge in [0.25, 0.3) is 5.69 Å². The average Bonchev–Trinajstić information content (AvgIpc) is 2.89. The summed E-state index contributed by atoms with van der Waals surface area (Å²) >= 11 is 1.46. The number of aromatic nitrogens is 1. The highest BCUT2D eigenvalue weighted by Gasteiger charge is 2.11. The van der Waals surface area contributed by atoms with Crippen molar-refractivity contribution in [2.24, 2.45) is 10.7 Å². The lowest BCUT2D eigenvalue weighted by molar-refractivity contribution is -0.384. The van der Waals surface area contributed by atoms with Gasteiger partial charge in [-0.05, 0) is 6.07 Å². The van der Waals surface area contributed by atoms with Crippen LogP contribution in [0.2, 0.25) is 0 Å². The topological polar surface area (TPSA) is 120 Å². The van der Waals surface area contributed by atoms with Crippen LogP contribution in [0.15, 0.2) is 34.8 Å². The molecule has 0 radical (unpaired) electrons. The van der Waals surface area contributed by atoms with Crippen LogP contribution in [0.25, 0.3) is 0 Å². The van der Waals surface area contributed by atoms with Crippen molar-refractivity contribution in [1.29, 1.82) is 0 Å². The lowest BCUT2D eigenvalue weighted by atomic mass is 10.1. The number of hydrogen-bond donors (Lipinski definition) is 2. The van der Waals surface area contributed by atoms with Crippen LogP contribution in [0, 0.1) is 10.1 Å². The van der Waals surface area contributed by atoms with E-state index in [1.807, 2.05) is 5.38 Å². The van der Waals surface area contributed by atoms with Gasteiger partial charge in [-0.25, -0.2) is 4.98 Å². The Bertz CT molecular complexity index is 624. The van der Waals surface area contributed by atoms with E-state index in [9.17, 15) is 10.1 Å². The Morgan fingerprint density at radius 2 is 2.32 bits per heavy atom. The Labute approximate surface area is 112 Å². The monoisotopic (exact) mass is 277 g/mol. The number of thiazole rings is 1. The molecule has 1 aromatic heterocycles. The molecular weight excluding hydrogens is 266 g/mol. The molecule has 0 fully saturated rings. The highest BCUT2D eigenvalue weighted by Crippen LogP contribution is 2.19. The molecule has 8 heteroatoms. The number of nitrogens with two attached hydrogens (primary N) is 2. The molecule has 4 N–H and O–H groups in total. The van der Waals surface area contributed by atoms with E-state index >= 15 is 0 Å². The summed E-state index contributed by atoms with van der Waals surface area (Å²) in [5.74, 6) is 0.163. The van der Waals surface area contributed by atoms with E-state index < -0.39 is 4.92 Å². The molecule has 98 valence electrons. The second-order valence-electron chi connectivity index (χ2n) is 3.66. The Balaban J connectivity index is 2.27. The van der Waals surface area contributed by atoms with Crippen LogP contribution in [0.5, 0.6) is 0 Å². The Morgan fingerprint density at radius 1 is 1.53 bits per heavy atom. The molecule has 7 nitrogen and oxygen atoms in total. The van der Waals surface area contributed by atoms with Crippen molar-refractivity contribution in [3.63, 3.8) is 0 Å². The SMILES string of the molecule is NC(=NCc1nccs1)c1cc([N+](=O)[O-])ccc1N. The molecular formula is C11H11N5O2S. The van der Waals surface area contributed by atoms with Crippen molar-refractivity contribution in [2.45, 2.75) is 6.54 Å². The number of nitro benzene ring substituents is 1. The fraction of sp³-hybridized carbons (Fsp3) is 0.0909. The molecule has 19 heavy (non-hydrogen) atoms. The number of non-ortho nitro benzene ring substituents is 1. The summed E-state index contributed by atoms with van der Waals surface area (Å²) in [4.78, 5) is 18.4. The minimum absolute atomic E-state index is 0.0726. The van der Waals surface area contributed by atoms with Crippen LogP contribution >= 0.6 is 11.3 Å². The first-order valence-corrected chi connectivity index (χ1v) is 6.18. The van der Waals surface area contributed by atoms with Crippen LogP contribution < -0.4 is 11.5 Å². The van der Waals surface area contributed by atoms with E-state index in [0.717, 1.165) is 5.01 Å². The maximum atomic E-state index is 10.7. The molecule has 0 unspecified atom stereocenters. The van der Waals surface area contributed by atoms with Gasteiger partial charge >= 0.3 is 0 Å². The minimum atomic E-state index is -0.503. The molecule has 0 saturated carbocycles. The minimum Gasteiger partial charge on any atom is -0.398 e. The third-order valence-electron chi connectivity index (χ3n) is 2.39. The molecule has 0 saturated heterocycles. The van der Waals surface area contributed by atoms with Gasteiger partial charge in [0.15, 0.2) is 0 Å². The zero-order valence-corrected chi connectivity index (χ0v) is 10.6. The number of benzene rings is 1. The fourth-order valence-electron chi connectivity index (χ4n) is 1.45. The molecule has 0 bridgehead atoms. The molecule has 0 amide bonds. The summed E-state index contributed by atoms with van der Waals surface area (Å²) in [6.45, 7) is 0.325. The zero-order valence-electron chi connectivity index (χ0n) is 9.81. The summed E-state index contributed by atoms with van der Waals surface area (Å²) in [7, 11) is 0. The number of hydrogen-bond acceptors (Lipinski definition) is 6. The van der Waals surface area contributed by atoms with E-state index in [2.05, 4.69) is 9.98 Å². The molecule has 0 atom stereocenters. The predicted molar refractivity (Wildman–Crippen MR) is 74.1 cm³/mol. The molecule has 0 aliphatic heterocycles. The van der Waals surface area contributed by atoms with Crippen molar-refractivity contribution >= 4 is 28.5 Å². The summed E-state index contributed by atoms with van der Waals surface area (Å²) < 4.78 is 0. The van der Waals surface area contributed by atoms with Crippen molar-refractivity contribution in [3.05, 3.63) is 50.5 Å².